The maximum absolute atomic E-state index is 7.16. The summed E-state index contributed by atoms with van der Waals surface area (Å²) in [7, 11) is 0. The number of halogens is 4. The van der Waals surface area contributed by atoms with Crippen molar-refractivity contribution in [1.29, 1.82) is 0 Å². The number of aromatic amines is 2. The Balaban J connectivity index is 0.00000400. The summed E-state index contributed by atoms with van der Waals surface area (Å²) in [4.78, 5) is 17.7. The molecule has 259 valence electrons. The van der Waals surface area contributed by atoms with Gasteiger partial charge in [0.1, 0.15) is 0 Å². The van der Waals surface area contributed by atoms with Crippen LogP contribution in [0.15, 0.2) is 127 Å². The van der Waals surface area contributed by atoms with Crippen LogP contribution in [0.25, 0.3) is 79.2 Å². The van der Waals surface area contributed by atoms with E-state index < -0.39 is 0 Å². The van der Waals surface area contributed by atoms with Gasteiger partial charge in [0.25, 0.3) is 0 Å². The molecule has 9 heteroatoms. The number of hydrogen-bond acceptors (Lipinski definition) is 2. The van der Waals surface area contributed by atoms with Crippen LogP contribution in [-0.4, -0.2) is 19.9 Å². The van der Waals surface area contributed by atoms with Crippen LogP contribution in [0.5, 0.6) is 0 Å². The standard InChI is InChI=1S/C44H26Cl4N4.Co/c45-35-13-5-1-9-30(35)34-23-29-22-27-18-17-25(49-27)21-26-19-20-28(50-26)24-39-40(31-10-2-6-14-36(31)46)41(32-11-3-7-15-37(32)47)44(52-39)42(43(34)51-29)33-12-4-8-16-38(33)48;/h1-24,49,52H;. The minimum atomic E-state index is 0. The van der Waals surface area contributed by atoms with Crippen molar-refractivity contribution in [3.8, 4) is 33.4 Å². The summed E-state index contributed by atoms with van der Waals surface area (Å²) in [6, 6.07) is 41.4. The summed E-state index contributed by atoms with van der Waals surface area (Å²) in [5.74, 6) is 0. The molecule has 7 aromatic rings. The molecule has 2 aliphatic rings. The molecule has 53 heavy (non-hydrogen) atoms. The molecule has 0 spiro atoms. The average molecular weight is 811 g/mol. The zero-order chi connectivity index (χ0) is 35.3. The number of hydrogen-bond donors (Lipinski definition) is 2. The van der Waals surface area contributed by atoms with Crippen LogP contribution in [0.2, 0.25) is 20.1 Å². The number of rotatable bonds is 4. The molecule has 4 aromatic carbocycles. The molecule has 8 bridgehead atoms. The van der Waals surface area contributed by atoms with Crippen LogP contribution >= 0.6 is 46.4 Å². The Morgan fingerprint density at radius 2 is 0.906 bits per heavy atom. The van der Waals surface area contributed by atoms with Gasteiger partial charge in [0.05, 0.1) is 28.3 Å². The van der Waals surface area contributed by atoms with Crippen molar-refractivity contribution in [2.45, 2.75) is 0 Å². The molecule has 0 unspecified atom stereocenters. The molecule has 1 radical (unpaired) electrons. The predicted octanol–water partition coefficient (Wildman–Crippen LogP) is 13.7. The van der Waals surface area contributed by atoms with Gasteiger partial charge in [-0.05, 0) is 72.8 Å². The minimum Gasteiger partial charge on any atom is -0.355 e. The molecule has 4 nitrogen and oxygen atoms in total. The Bertz CT molecular complexity index is 2820. The van der Waals surface area contributed by atoms with E-state index in [4.69, 9.17) is 56.4 Å². The van der Waals surface area contributed by atoms with Gasteiger partial charge >= 0.3 is 0 Å². The summed E-state index contributed by atoms with van der Waals surface area (Å²) >= 11 is 28.3. The van der Waals surface area contributed by atoms with Gasteiger partial charge in [0.15, 0.2) is 0 Å². The summed E-state index contributed by atoms with van der Waals surface area (Å²) in [5, 5.41) is 2.33. The van der Waals surface area contributed by atoms with E-state index in [9.17, 15) is 0 Å². The van der Waals surface area contributed by atoms with Crippen LogP contribution in [-0.2, 0) is 16.8 Å². The van der Waals surface area contributed by atoms with Crippen molar-refractivity contribution in [2.75, 3.05) is 0 Å². The topological polar surface area (TPSA) is 57.4 Å². The number of nitrogens with zero attached hydrogens (tertiary/aromatic N) is 2. The first-order valence-corrected chi connectivity index (χ1v) is 18.1. The zero-order valence-electron chi connectivity index (χ0n) is 27.6. The van der Waals surface area contributed by atoms with Gasteiger partial charge in [-0.15, -0.1) is 0 Å². The van der Waals surface area contributed by atoms with Crippen LogP contribution in [0, 0.1) is 0 Å². The first kappa shape index (κ1) is 35.2. The average Bonchev–Trinajstić information content (AvgIpc) is 3.95. The molecule has 0 saturated carbocycles. The second-order valence-electron chi connectivity index (χ2n) is 12.5. The van der Waals surface area contributed by atoms with E-state index in [2.05, 4.69) is 16.0 Å². The SMILES string of the molecule is Clc1ccccc1C1=Cc2cc3ccc(cc4nc(cc5[nH]c(c(-c6ccccc6Cl)c1n2)c(-c1ccccc1Cl)c5-c1ccccc1Cl)C=C4)[nH]3.[Co]. The number of aromatic nitrogens is 4. The summed E-state index contributed by atoms with van der Waals surface area (Å²) in [6.07, 6.45) is 6.08. The number of fused-ring (bicyclic) bond motifs is 8. The Kier molecular flexibility index (Phi) is 9.64. The fraction of sp³-hybridized carbons (Fsp3) is 0. The second kappa shape index (κ2) is 14.5. The molecule has 0 saturated heterocycles. The van der Waals surface area contributed by atoms with E-state index in [1.54, 1.807) is 0 Å². The molecule has 0 atom stereocenters. The van der Waals surface area contributed by atoms with Gasteiger partial charge in [-0.25, -0.2) is 9.97 Å². The molecule has 3 aromatic heterocycles. The fourth-order valence-corrected chi connectivity index (χ4v) is 7.87. The van der Waals surface area contributed by atoms with Crippen molar-refractivity contribution in [3.63, 3.8) is 0 Å². The number of nitrogens with one attached hydrogen (secondary N) is 2. The van der Waals surface area contributed by atoms with E-state index in [1.165, 1.54) is 0 Å². The third-order valence-corrected chi connectivity index (χ3v) is 10.5. The normalized spacial score (nSPS) is 12.0. The van der Waals surface area contributed by atoms with E-state index in [1.807, 2.05) is 140 Å². The fourth-order valence-electron chi connectivity index (χ4n) is 6.94. The Labute approximate surface area is 336 Å². The van der Waals surface area contributed by atoms with Crippen LogP contribution in [0.4, 0.5) is 0 Å². The summed E-state index contributed by atoms with van der Waals surface area (Å²) < 4.78 is 0. The predicted molar refractivity (Wildman–Crippen MR) is 220 cm³/mol. The van der Waals surface area contributed by atoms with Gasteiger partial charge in [-0.3, -0.25) is 0 Å². The Morgan fingerprint density at radius 3 is 1.47 bits per heavy atom. The maximum atomic E-state index is 7.16. The van der Waals surface area contributed by atoms with Crippen LogP contribution in [0.3, 0.4) is 0 Å². The third kappa shape index (κ3) is 6.55. The molecule has 5 heterocycles. The number of benzene rings is 4. The summed E-state index contributed by atoms with van der Waals surface area (Å²) in [6.45, 7) is 0. The van der Waals surface area contributed by atoms with Crippen LogP contribution in [0.1, 0.15) is 28.3 Å². The second-order valence-corrected chi connectivity index (χ2v) is 14.1. The van der Waals surface area contributed by atoms with Gasteiger partial charge in [0.2, 0.25) is 0 Å². The number of H-pyrrole nitrogens is 2. The van der Waals surface area contributed by atoms with E-state index in [0.717, 1.165) is 83.7 Å². The molecule has 0 aliphatic carbocycles. The van der Waals surface area contributed by atoms with Gasteiger partial charge < -0.3 is 9.97 Å². The molecule has 9 rings (SSSR count). The zero-order valence-corrected chi connectivity index (χ0v) is 31.7. The van der Waals surface area contributed by atoms with Crippen LogP contribution < -0.4 is 0 Å². The molecule has 2 aliphatic heterocycles. The first-order valence-electron chi connectivity index (χ1n) is 16.6. The molecule has 2 N–H and O–H groups in total. The van der Waals surface area contributed by atoms with Crippen molar-refractivity contribution in [1.82, 2.24) is 19.9 Å². The van der Waals surface area contributed by atoms with Crippen molar-refractivity contribution in [2.24, 2.45) is 0 Å². The van der Waals surface area contributed by atoms with E-state index in [-0.39, 0.29) is 16.8 Å². The Morgan fingerprint density at radius 1 is 0.434 bits per heavy atom. The monoisotopic (exact) mass is 809 g/mol. The third-order valence-electron chi connectivity index (χ3n) is 9.21. The largest absolute Gasteiger partial charge is 0.355 e. The minimum absolute atomic E-state index is 0. The van der Waals surface area contributed by atoms with Crippen molar-refractivity contribution in [3.05, 3.63) is 176 Å². The smallest absolute Gasteiger partial charge is 0.0816 e. The molecular weight excluding hydrogens is 785 g/mol. The quantitative estimate of drug-likeness (QED) is 0.186. The maximum Gasteiger partial charge on any atom is 0.0816 e. The van der Waals surface area contributed by atoms with Gasteiger partial charge in [-0.2, -0.15) is 0 Å². The van der Waals surface area contributed by atoms with Crippen molar-refractivity contribution < 1.29 is 16.8 Å². The van der Waals surface area contributed by atoms with Gasteiger partial charge in [-0.1, -0.05) is 119 Å². The van der Waals surface area contributed by atoms with E-state index in [0.29, 0.717) is 25.8 Å². The van der Waals surface area contributed by atoms with E-state index >= 15 is 0 Å². The van der Waals surface area contributed by atoms with Gasteiger partial charge in [0, 0.05) is 97.9 Å². The van der Waals surface area contributed by atoms with Crippen molar-refractivity contribution >= 4 is 92.3 Å². The molecular formula is C44H26Cl4CoN4. The Hall–Kier alpha value is -4.85. The molecule has 0 fully saturated rings. The first-order chi connectivity index (χ1) is 25.4. The summed E-state index contributed by atoms with van der Waals surface area (Å²) in [5.41, 5.74) is 13.0. The molecule has 0 amide bonds.